The topological polar surface area (TPSA) is 69.6 Å². The monoisotopic (exact) mass is 220 g/mol. The Labute approximate surface area is 93.9 Å². The molecule has 0 heterocycles. The number of hydrogen-bond donors (Lipinski definition) is 3. The minimum absolute atomic E-state index is 0.339. The molecule has 1 aliphatic rings. The standard InChI is InChI=1S/C12H14NO3/c14-10-6-7-12(16,8-10)13-11(15)9-4-2-1-3-5-9/h1-5,8,10,14,16H,6-7H2,(H,13,15). The van der Waals surface area contributed by atoms with Crippen molar-refractivity contribution in [2.45, 2.75) is 24.7 Å². The highest BCUT2D eigenvalue weighted by Gasteiger charge is 2.38. The Morgan fingerprint density at radius 2 is 2.06 bits per heavy atom. The number of carbonyl (C=O) groups is 1. The van der Waals surface area contributed by atoms with Crippen molar-refractivity contribution in [3.8, 4) is 0 Å². The summed E-state index contributed by atoms with van der Waals surface area (Å²) in [6, 6.07) is 8.67. The van der Waals surface area contributed by atoms with Crippen LogP contribution in [0, 0.1) is 6.42 Å². The number of benzene rings is 1. The summed E-state index contributed by atoms with van der Waals surface area (Å²) in [6.07, 6.45) is 1.51. The van der Waals surface area contributed by atoms with Gasteiger partial charge < -0.3 is 15.5 Å². The number of carbonyl (C=O) groups excluding carboxylic acids is 1. The molecular weight excluding hydrogens is 206 g/mol. The van der Waals surface area contributed by atoms with Crippen LogP contribution >= 0.6 is 0 Å². The SMILES string of the molecule is O=C(NC1(O)[CH]C(O)CC1)c1ccccc1. The van der Waals surface area contributed by atoms with Gasteiger partial charge in [-0.1, -0.05) is 18.2 Å². The molecule has 4 nitrogen and oxygen atoms in total. The quantitative estimate of drug-likeness (QED) is 0.634. The van der Waals surface area contributed by atoms with Gasteiger partial charge in [-0.25, -0.2) is 0 Å². The number of aliphatic hydroxyl groups excluding tert-OH is 1. The summed E-state index contributed by atoms with van der Waals surface area (Å²) >= 11 is 0. The molecule has 1 fully saturated rings. The lowest BCUT2D eigenvalue weighted by Gasteiger charge is -2.23. The fourth-order valence-corrected chi connectivity index (χ4v) is 1.82. The van der Waals surface area contributed by atoms with Crippen LogP contribution in [0.5, 0.6) is 0 Å². The van der Waals surface area contributed by atoms with Crippen LogP contribution < -0.4 is 5.32 Å². The fourth-order valence-electron chi connectivity index (χ4n) is 1.82. The van der Waals surface area contributed by atoms with Crippen LogP contribution in [0.25, 0.3) is 0 Å². The molecule has 2 atom stereocenters. The molecule has 2 rings (SSSR count). The van der Waals surface area contributed by atoms with Crippen molar-refractivity contribution >= 4 is 5.91 Å². The first-order chi connectivity index (χ1) is 7.59. The molecule has 1 radical (unpaired) electrons. The third kappa shape index (κ3) is 2.40. The molecule has 3 N–H and O–H groups in total. The van der Waals surface area contributed by atoms with Crippen molar-refractivity contribution in [2.75, 3.05) is 0 Å². The molecule has 2 unspecified atom stereocenters. The summed E-state index contributed by atoms with van der Waals surface area (Å²) in [5.74, 6) is -0.339. The van der Waals surface area contributed by atoms with E-state index in [4.69, 9.17) is 0 Å². The molecule has 1 saturated carbocycles. The summed E-state index contributed by atoms with van der Waals surface area (Å²) in [5, 5.41) is 21.7. The van der Waals surface area contributed by atoms with E-state index in [1.54, 1.807) is 24.3 Å². The van der Waals surface area contributed by atoms with Crippen molar-refractivity contribution < 1.29 is 15.0 Å². The van der Waals surface area contributed by atoms with Gasteiger partial charge in [-0.3, -0.25) is 4.79 Å². The second kappa shape index (κ2) is 4.23. The molecule has 1 aromatic carbocycles. The molecule has 0 aliphatic heterocycles. The van der Waals surface area contributed by atoms with Gasteiger partial charge in [-0.05, 0) is 25.0 Å². The molecule has 0 aromatic heterocycles. The molecule has 0 saturated heterocycles. The Morgan fingerprint density at radius 3 is 2.62 bits per heavy atom. The van der Waals surface area contributed by atoms with Gasteiger partial charge in [0.25, 0.3) is 5.91 Å². The lowest BCUT2D eigenvalue weighted by Crippen LogP contribution is -2.47. The first-order valence-corrected chi connectivity index (χ1v) is 5.23. The largest absolute Gasteiger partial charge is 0.393 e. The van der Waals surface area contributed by atoms with Crippen LogP contribution in [-0.2, 0) is 0 Å². The number of hydrogen-bond acceptors (Lipinski definition) is 3. The Morgan fingerprint density at radius 1 is 1.38 bits per heavy atom. The molecule has 85 valence electrons. The highest BCUT2D eigenvalue weighted by atomic mass is 16.3. The van der Waals surface area contributed by atoms with Crippen molar-refractivity contribution in [2.24, 2.45) is 0 Å². The fraction of sp³-hybridized carbons (Fsp3) is 0.333. The molecule has 1 aromatic rings. The van der Waals surface area contributed by atoms with Crippen molar-refractivity contribution in [3.05, 3.63) is 42.3 Å². The van der Waals surface area contributed by atoms with E-state index in [0.29, 0.717) is 18.4 Å². The minimum atomic E-state index is -1.38. The zero-order valence-corrected chi connectivity index (χ0v) is 8.76. The van der Waals surface area contributed by atoms with Crippen LogP contribution in [-0.4, -0.2) is 27.9 Å². The van der Waals surface area contributed by atoms with Crippen LogP contribution in [0.3, 0.4) is 0 Å². The van der Waals surface area contributed by atoms with Gasteiger partial charge in [0.1, 0.15) is 5.72 Å². The first kappa shape index (κ1) is 11.1. The Bertz CT molecular complexity index is 379. The molecule has 0 spiro atoms. The number of nitrogens with one attached hydrogen (secondary N) is 1. The van der Waals surface area contributed by atoms with E-state index >= 15 is 0 Å². The lowest BCUT2D eigenvalue weighted by atomic mass is 10.1. The number of amides is 1. The molecule has 16 heavy (non-hydrogen) atoms. The summed E-state index contributed by atoms with van der Waals surface area (Å²) in [5.41, 5.74) is -0.891. The average Bonchev–Trinajstić information content (AvgIpc) is 2.59. The normalized spacial score (nSPS) is 29.0. The Kier molecular flexibility index (Phi) is 2.94. The highest BCUT2D eigenvalue weighted by Crippen LogP contribution is 2.26. The van der Waals surface area contributed by atoms with Crippen molar-refractivity contribution in [1.82, 2.24) is 5.32 Å². The average molecular weight is 220 g/mol. The first-order valence-electron chi connectivity index (χ1n) is 5.23. The van der Waals surface area contributed by atoms with Gasteiger partial charge >= 0.3 is 0 Å². The van der Waals surface area contributed by atoms with Gasteiger partial charge in [0.15, 0.2) is 0 Å². The van der Waals surface area contributed by atoms with Gasteiger partial charge in [-0.2, -0.15) is 0 Å². The van der Waals surface area contributed by atoms with E-state index in [1.807, 2.05) is 6.07 Å². The van der Waals surface area contributed by atoms with Gasteiger partial charge in [-0.15, -0.1) is 0 Å². The smallest absolute Gasteiger partial charge is 0.253 e. The predicted octanol–water partition coefficient (Wildman–Crippen LogP) is 0.464. The van der Waals surface area contributed by atoms with Crippen molar-refractivity contribution in [3.63, 3.8) is 0 Å². The molecule has 4 heteroatoms. The number of rotatable bonds is 2. The summed E-state index contributed by atoms with van der Waals surface area (Å²) < 4.78 is 0. The molecule has 1 amide bonds. The van der Waals surface area contributed by atoms with Crippen molar-refractivity contribution in [1.29, 1.82) is 0 Å². The summed E-state index contributed by atoms with van der Waals surface area (Å²) in [7, 11) is 0. The third-order valence-corrected chi connectivity index (χ3v) is 2.66. The van der Waals surface area contributed by atoms with Crippen LogP contribution in [0.4, 0.5) is 0 Å². The van der Waals surface area contributed by atoms with Crippen LogP contribution in [0.15, 0.2) is 30.3 Å². The second-order valence-electron chi connectivity index (χ2n) is 4.02. The van der Waals surface area contributed by atoms with E-state index in [1.165, 1.54) is 6.42 Å². The number of aliphatic hydroxyl groups is 2. The summed E-state index contributed by atoms with van der Waals surface area (Å²) in [6.45, 7) is 0. The van der Waals surface area contributed by atoms with E-state index < -0.39 is 11.8 Å². The van der Waals surface area contributed by atoms with E-state index in [2.05, 4.69) is 5.32 Å². The highest BCUT2D eigenvalue weighted by molar-refractivity contribution is 5.94. The van der Waals surface area contributed by atoms with E-state index in [0.717, 1.165) is 0 Å². The van der Waals surface area contributed by atoms with E-state index in [-0.39, 0.29) is 5.91 Å². The second-order valence-corrected chi connectivity index (χ2v) is 4.02. The minimum Gasteiger partial charge on any atom is -0.393 e. The zero-order valence-electron chi connectivity index (χ0n) is 8.76. The van der Waals surface area contributed by atoms with Gasteiger partial charge in [0.2, 0.25) is 0 Å². The van der Waals surface area contributed by atoms with Gasteiger partial charge in [0.05, 0.1) is 6.10 Å². The Balaban J connectivity index is 2.03. The lowest BCUT2D eigenvalue weighted by molar-refractivity contribution is 0.0360. The third-order valence-electron chi connectivity index (χ3n) is 2.66. The molecular formula is C12H14NO3. The molecule has 1 aliphatic carbocycles. The summed E-state index contributed by atoms with van der Waals surface area (Å²) in [4.78, 5) is 11.7. The van der Waals surface area contributed by atoms with Crippen LogP contribution in [0.1, 0.15) is 23.2 Å². The maximum Gasteiger partial charge on any atom is 0.253 e. The zero-order chi connectivity index (χ0) is 11.6. The van der Waals surface area contributed by atoms with Crippen LogP contribution in [0.2, 0.25) is 0 Å². The molecule has 0 bridgehead atoms. The Hall–Kier alpha value is -1.39. The maximum atomic E-state index is 11.7. The predicted molar refractivity (Wildman–Crippen MR) is 58.4 cm³/mol. The maximum absolute atomic E-state index is 11.7. The van der Waals surface area contributed by atoms with E-state index in [9.17, 15) is 15.0 Å². The van der Waals surface area contributed by atoms with Gasteiger partial charge in [0, 0.05) is 12.0 Å².